The molecular formula is C20H20FN5O. The lowest BCUT2D eigenvalue weighted by Crippen LogP contribution is -2.18. The van der Waals surface area contributed by atoms with Crippen LogP contribution in [0.15, 0.2) is 52.8 Å². The number of aromatic amines is 2. The average Bonchev–Trinajstić information content (AvgIpc) is 3.16. The molecule has 4 N–H and O–H groups in total. The number of likely N-dealkylation sites (N-methyl/N-ethyl adjacent to an activating group) is 1. The second kappa shape index (κ2) is 6.85. The molecule has 1 aliphatic rings. The standard InChI is InChI=1S/C20H20FN5O/c1-26-10-14(16(22)11-26)19(13-4-2-3-5-15(13)21)23-9-12-6-7-17-18(8-12)25-20(27)24-17/h2-8,22-23H,9-11H2,1H3,(H2,24,25,27)/b19-14-,22-16?. The van der Waals surface area contributed by atoms with Crippen LogP contribution in [0.25, 0.3) is 16.7 Å². The maximum Gasteiger partial charge on any atom is 0.323 e. The van der Waals surface area contributed by atoms with E-state index in [4.69, 9.17) is 5.41 Å². The molecule has 0 bridgehead atoms. The van der Waals surface area contributed by atoms with E-state index in [1.54, 1.807) is 18.2 Å². The van der Waals surface area contributed by atoms with Crippen LogP contribution in [-0.4, -0.2) is 40.7 Å². The maximum absolute atomic E-state index is 14.5. The molecule has 1 aromatic heterocycles. The minimum absolute atomic E-state index is 0.244. The molecule has 7 heteroatoms. The van der Waals surface area contributed by atoms with Crippen LogP contribution in [0.1, 0.15) is 11.1 Å². The largest absolute Gasteiger partial charge is 0.380 e. The van der Waals surface area contributed by atoms with Crippen molar-refractivity contribution in [3.8, 4) is 0 Å². The highest BCUT2D eigenvalue weighted by Gasteiger charge is 2.24. The van der Waals surface area contributed by atoms with Gasteiger partial charge in [-0.2, -0.15) is 0 Å². The number of hydrogen-bond donors (Lipinski definition) is 4. The smallest absolute Gasteiger partial charge is 0.323 e. The number of nitrogens with one attached hydrogen (secondary N) is 4. The lowest BCUT2D eigenvalue weighted by Gasteiger charge is -2.16. The number of nitrogens with zero attached hydrogens (tertiary/aromatic N) is 1. The van der Waals surface area contributed by atoms with Crippen molar-refractivity contribution in [1.29, 1.82) is 5.41 Å². The van der Waals surface area contributed by atoms with E-state index in [0.29, 0.717) is 36.6 Å². The van der Waals surface area contributed by atoms with Gasteiger partial charge in [0.1, 0.15) is 5.82 Å². The van der Waals surface area contributed by atoms with Gasteiger partial charge in [0, 0.05) is 30.8 Å². The quantitative estimate of drug-likeness (QED) is 0.573. The molecule has 0 unspecified atom stereocenters. The van der Waals surface area contributed by atoms with Gasteiger partial charge < -0.3 is 20.7 Å². The van der Waals surface area contributed by atoms with E-state index in [0.717, 1.165) is 22.2 Å². The first-order valence-electron chi connectivity index (χ1n) is 8.70. The Morgan fingerprint density at radius 2 is 1.96 bits per heavy atom. The average molecular weight is 365 g/mol. The molecule has 1 saturated heterocycles. The van der Waals surface area contributed by atoms with Gasteiger partial charge in [-0.1, -0.05) is 18.2 Å². The summed E-state index contributed by atoms with van der Waals surface area (Å²) in [5, 5.41) is 11.6. The summed E-state index contributed by atoms with van der Waals surface area (Å²) in [5.74, 6) is -0.319. The number of H-pyrrole nitrogens is 2. The third-order valence-electron chi connectivity index (χ3n) is 4.71. The molecule has 27 heavy (non-hydrogen) atoms. The highest BCUT2D eigenvalue weighted by atomic mass is 19.1. The van der Waals surface area contributed by atoms with Crippen LogP contribution in [-0.2, 0) is 6.54 Å². The summed E-state index contributed by atoms with van der Waals surface area (Å²) >= 11 is 0. The van der Waals surface area contributed by atoms with Gasteiger partial charge in [-0.25, -0.2) is 9.18 Å². The molecule has 0 amide bonds. The molecule has 0 saturated carbocycles. The van der Waals surface area contributed by atoms with Crippen LogP contribution in [0.2, 0.25) is 0 Å². The van der Waals surface area contributed by atoms with Gasteiger partial charge in [-0.15, -0.1) is 0 Å². The molecule has 2 aromatic carbocycles. The van der Waals surface area contributed by atoms with E-state index in [2.05, 4.69) is 15.3 Å². The number of fused-ring (bicyclic) bond motifs is 1. The Morgan fingerprint density at radius 3 is 2.70 bits per heavy atom. The summed E-state index contributed by atoms with van der Waals surface area (Å²) in [6.07, 6.45) is 0. The third-order valence-corrected chi connectivity index (χ3v) is 4.71. The van der Waals surface area contributed by atoms with Gasteiger partial charge in [-0.3, -0.25) is 4.90 Å². The fourth-order valence-corrected chi connectivity index (χ4v) is 3.43. The molecule has 0 aliphatic carbocycles. The predicted molar refractivity (Wildman–Crippen MR) is 104 cm³/mol. The summed E-state index contributed by atoms with van der Waals surface area (Å²) < 4.78 is 14.5. The van der Waals surface area contributed by atoms with Crippen molar-refractivity contribution in [3.05, 3.63) is 75.5 Å². The fraction of sp³-hybridized carbons (Fsp3) is 0.200. The zero-order valence-electron chi connectivity index (χ0n) is 14.9. The summed E-state index contributed by atoms with van der Waals surface area (Å²) in [4.78, 5) is 18.9. The third kappa shape index (κ3) is 3.41. The minimum Gasteiger partial charge on any atom is -0.380 e. The van der Waals surface area contributed by atoms with E-state index in [1.807, 2.05) is 30.1 Å². The van der Waals surface area contributed by atoms with Crippen molar-refractivity contribution in [2.75, 3.05) is 20.1 Å². The van der Waals surface area contributed by atoms with Crippen LogP contribution >= 0.6 is 0 Å². The number of halogens is 1. The lowest BCUT2D eigenvalue weighted by molar-refractivity contribution is 0.444. The van der Waals surface area contributed by atoms with Crippen LogP contribution in [0.4, 0.5) is 4.39 Å². The summed E-state index contributed by atoms with van der Waals surface area (Å²) in [6.45, 7) is 1.60. The Morgan fingerprint density at radius 1 is 1.19 bits per heavy atom. The minimum atomic E-state index is -0.319. The fourth-order valence-electron chi connectivity index (χ4n) is 3.43. The molecule has 1 aliphatic heterocycles. The highest BCUT2D eigenvalue weighted by molar-refractivity contribution is 6.07. The van der Waals surface area contributed by atoms with E-state index in [1.165, 1.54) is 6.07 Å². The molecule has 2 heterocycles. The van der Waals surface area contributed by atoms with Gasteiger partial charge in [0.15, 0.2) is 0 Å². The van der Waals surface area contributed by atoms with Crippen LogP contribution in [0.3, 0.4) is 0 Å². The van der Waals surface area contributed by atoms with Gasteiger partial charge in [0.25, 0.3) is 0 Å². The highest BCUT2D eigenvalue weighted by Crippen LogP contribution is 2.24. The number of imidazole rings is 1. The van der Waals surface area contributed by atoms with E-state index < -0.39 is 0 Å². The molecule has 4 rings (SSSR count). The first-order valence-corrected chi connectivity index (χ1v) is 8.70. The topological polar surface area (TPSA) is 87.8 Å². The Hall–Kier alpha value is -3.19. The Bertz CT molecular complexity index is 1110. The second-order valence-corrected chi connectivity index (χ2v) is 6.80. The van der Waals surface area contributed by atoms with Gasteiger partial charge >= 0.3 is 5.69 Å². The summed E-state index contributed by atoms with van der Waals surface area (Å²) in [6, 6.07) is 12.2. The molecule has 1 fully saturated rings. The van der Waals surface area contributed by atoms with Crippen molar-refractivity contribution in [2.24, 2.45) is 0 Å². The normalized spacial score (nSPS) is 16.9. The molecule has 0 spiro atoms. The van der Waals surface area contributed by atoms with Crippen LogP contribution in [0, 0.1) is 11.2 Å². The molecule has 3 aromatic rings. The van der Waals surface area contributed by atoms with Gasteiger partial charge in [0.05, 0.1) is 22.4 Å². The van der Waals surface area contributed by atoms with Crippen LogP contribution < -0.4 is 11.0 Å². The lowest BCUT2D eigenvalue weighted by atomic mass is 10.0. The monoisotopic (exact) mass is 365 g/mol. The Kier molecular flexibility index (Phi) is 4.37. The summed E-state index contributed by atoms with van der Waals surface area (Å²) in [7, 11) is 1.94. The van der Waals surface area contributed by atoms with E-state index >= 15 is 0 Å². The van der Waals surface area contributed by atoms with Crippen molar-refractivity contribution in [2.45, 2.75) is 6.54 Å². The second-order valence-electron chi connectivity index (χ2n) is 6.80. The van der Waals surface area contributed by atoms with Crippen molar-refractivity contribution in [1.82, 2.24) is 20.2 Å². The first kappa shape index (κ1) is 17.2. The Balaban J connectivity index is 1.69. The number of benzene rings is 2. The Labute approximate surface area is 155 Å². The molecule has 138 valence electrons. The predicted octanol–water partition coefficient (Wildman–Crippen LogP) is 2.46. The number of likely N-dealkylation sites (tertiary alicyclic amines) is 1. The van der Waals surface area contributed by atoms with Gasteiger partial charge in [-0.05, 0) is 36.9 Å². The maximum atomic E-state index is 14.5. The van der Waals surface area contributed by atoms with Gasteiger partial charge in [0.2, 0.25) is 0 Å². The van der Waals surface area contributed by atoms with Crippen LogP contribution in [0.5, 0.6) is 0 Å². The molecule has 0 radical (unpaired) electrons. The number of rotatable bonds is 4. The van der Waals surface area contributed by atoms with Crippen molar-refractivity contribution < 1.29 is 4.39 Å². The number of aromatic nitrogens is 2. The molecule has 0 atom stereocenters. The van der Waals surface area contributed by atoms with Crippen molar-refractivity contribution >= 4 is 22.4 Å². The molecular weight excluding hydrogens is 345 g/mol. The van der Waals surface area contributed by atoms with Crippen molar-refractivity contribution in [3.63, 3.8) is 0 Å². The molecule has 6 nitrogen and oxygen atoms in total. The van der Waals surface area contributed by atoms with E-state index in [9.17, 15) is 9.18 Å². The number of hydrogen-bond acceptors (Lipinski definition) is 4. The zero-order valence-corrected chi connectivity index (χ0v) is 14.9. The zero-order chi connectivity index (χ0) is 19.0. The SMILES string of the molecule is CN1CC(=N)/C(=C(\NCc2ccc3[nH]c(=O)[nH]c3c2)c2ccccc2F)C1. The first-order chi connectivity index (χ1) is 13.0. The summed E-state index contributed by atoms with van der Waals surface area (Å²) in [5.41, 5.74) is 4.58. The van der Waals surface area contributed by atoms with E-state index in [-0.39, 0.29) is 11.5 Å².